The lowest BCUT2D eigenvalue weighted by atomic mass is 10.2. The van der Waals surface area contributed by atoms with Crippen LogP contribution < -0.4 is 20.3 Å². The summed E-state index contributed by atoms with van der Waals surface area (Å²) >= 11 is 0. The number of rotatable bonds is 12. The molecule has 2 amide bonds. The fraction of sp³-hybridized carbons (Fsp3) is 0.0833. The van der Waals surface area contributed by atoms with Gasteiger partial charge in [-0.15, -0.1) is 0 Å². The second-order valence-corrected chi connectivity index (χ2v) is 7.33. The van der Waals surface area contributed by atoms with Crippen LogP contribution in [0.5, 0.6) is 11.5 Å². The monoisotopic (exact) mass is 520 g/mol. The Morgan fingerprint density at radius 2 is 1.00 bits per heavy atom. The number of carbonyl (C=O) groups is 2. The van der Waals surface area contributed by atoms with Crippen molar-refractivity contribution in [1.29, 1.82) is 0 Å². The van der Waals surface area contributed by atoms with Crippen LogP contribution in [0.25, 0.3) is 0 Å². The average Bonchev–Trinajstić information content (AvgIpc) is 2.92. The third-order valence-electron chi connectivity index (χ3n) is 4.58. The Bertz CT molecular complexity index is 1240. The Hall–Kier alpha value is -5.66. The average molecular weight is 520 g/mol. The summed E-state index contributed by atoms with van der Waals surface area (Å²) in [5.41, 5.74) is 5.59. The molecule has 0 radical (unpaired) electrons. The molecule has 2 N–H and O–H groups in total. The van der Waals surface area contributed by atoms with Crippen LogP contribution in [0.2, 0.25) is 0 Å². The molecule has 0 spiro atoms. The van der Waals surface area contributed by atoms with E-state index in [4.69, 9.17) is 9.47 Å². The van der Waals surface area contributed by atoms with Crippen LogP contribution in [0.15, 0.2) is 83.0 Å². The number of non-ortho nitro benzene ring substituents is 2. The first-order valence-corrected chi connectivity index (χ1v) is 10.8. The van der Waals surface area contributed by atoms with Crippen molar-refractivity contribution in [3.63, 3.8) is 0 Å². The molecule has 3 aromatic carbocycles. The Labute approximate surface area is 214 Å². The topological polar surface area (TPSA) is 188 Å². The smallest absolute Gasteiger partial charge is 0.277 e. The number of nitrogens with one attached hydrogen (secondary N) is 2. The van der Waals surface area contributed by atoms with Crippen molar-refractivity contribution < 1.29 is 28.9 Å². The molecule has 194 valence electrons. The maximum Gasteiger partial charge on any atom is 0.277 e. The van der Waals surface area contributed by atoms with E-state index in [1.165, 1.54) is 61.0 Å². The molecule has 0 unspecified atom stereocenters. The zero-order chi connectivity index (χ0) is 27.3. The highest BCUT2D eigenvalue weighted by Crippen LogP contribution is 2.17. The fourth-order valence-electron chi connectivity index (χ4n) is 2.72. The summed E-state index contributed by atoms with van der Waals surface area (Å²) in [6.45, 7) is -0.625. The van der Waals surface area contributed by atoms with Gasteiger partial charge in [0.2, 0.25) is 0 Å². The molecule has 14 nitrogen and oxygen atoms in total. The van der Waals surface area contributed by atoms with Crippen molar-refractivity contribution in [2.24, 2.45) is 10.2 Å². The van der Waals surface area contributed by atoms with Crippen molar-refractivity contribution in [2.45, 2.75) is 0 Å². The minimum atomic E-state index is -0.519. The van der Waals surface area contributed by atoms with Gasteiger partial charge in [0.1, 0.15) is 11.5 Å². The summed E-state index contributed by atoms with van der Waals surface area (Å²) < 4.78 is 10.7. The lowest BCUT2D eigenvalue weighted by Crippen LogP contribution is -2.25. The highest BCUT2D eigenvalue weighted by atomic mass is 16.6. The molecular formula is C24H20N6O8. The molecule has 38 heavy (non-hydrogen) atoms. The Kier molecular flexibility index (Phi) is 9.52. The Morgan fingerprint density at radius 1 is 0.658 bits per heavy atom. The van der Waals surface area contributed by atoms with E-state index in [0.717, 1.165) is 0 Å². The lowest BCUT2D eigenvalue weighted by molar-refractivity contribution is -0.385. The van der Waals surface area contributed by atoms with Gasteiger partial charge in [-0.1, -0.05) is 0 Å². The molecule has 0 aliphatic rings. The van der Waals surface area contributed by atoms with Crippen molar-refractivity contribution >= 4 is 35.6 Å². The third-order valence-corrected chi connectivity index (χ3v) is 4.58. The van der Waals surface area contributed by atoms with E-state index in [1.54, 1.807) is 24.3 Å². The molecular weight excluding hydrogens is 500 g/mol. The summed E-state index contributed by atoms with van der Waals surface area (Å²) in [5, 5.41) is 28.8. The third kappa shape index (κ3) is 8.84. The first-order valence-electron chi connectivity index (χ1n) is 10.8. The summed E-state index contributed by atoms with van der Waals surface area (Å²) in [6, 6.07) is 17.5. The second-order valence-electron chi connectivity index (χ2n) is 7.33. The zero-order valence-corrected chi connectivity index (χ0v) is 19.6. The van der Waals surface area contributed by atoms with Crippen molar-refractivity contribution in [3.05, 3.63) is 104 Å². The van der Waals surface area contributed by atoms with Crippen LogP contribution >= 0.6 is 0 Å². The molecule has 0 aromatic heterocycles. The number of nitro benzene ring substituents is 2. The maximum absolute atomic E-state index is 11.9. The number of carbonyl (C=O) groups excluding carboxylic acids is 2. The molecule has 0 saturated heterocycles. The van der Waals surface area contributed by atoms with Crippen molar-refractivity contribution in [2.75, 3.05) is 13.2 Å². The Balaban J connectivity index is 1.35. The molecule has 3 aromatic rings. The number of ether oxygens (including phenoxy) is 2. The molecule has 0 atom stereocenters. The van der Waals surface area contributed by atoms with E-state index in [0.29, 0.717) is 22.6 Å². The van der Waals surface area contributed by atoms with Gasteiger partial charge in [0, 0.05) is 24.3 Å². The molecule has 3 rings (SSSR count). The highest BCUT2D eigenvalue weighted by Gasteiger charge is 2.06. The largest absolute Gasteiger partial charge is 0.484 e. The number of nitro groups is 2. The molecule has 0 heterocycles. The van der Waals surface area contributed by atoms with E-state index in [2.05, 4.69) is 21.1 Å². The van der Waals surface area contributed by atoms with E-state index in [-0.39, 0.29) is 24.6 Å². The number of nitrogens with zero attached hydrogens (tertiary/aromatic N) is 4. The van der Waals surface area contributed by atoms with Crippen LogP contribution in [0.3, 0.4) is 0 Å². The van der Waals surface area contributed by atoms with Gasteiger partial charge in [-0.25, -0.2) is 10.9 Å². The van der Waals surface area contributed by atoms with Gasteiger partial charge in [0.25, 0.3) is 23.2 Å². The van der Waals surface area contributed by atoms with E-state index in [1.807, 2.05) is 0 Å². The number of amides is 2. The summed E-state index contributed by atoms with van der Waals surface area (Å²) in [5.74, 6) is -0.281. The quantitative estimate of drug-likeness (QED) is 0.207. The number of hydrogen-bond acceptors (Lipinski definition) is 10. The normalized spacial score (nSPS) is 10.7. The van der Waals surface area contributed by atoms with E-state index >= 15 is 0 Å². The van der Waals surface area contributed by atoms with Gasteiger partial charge in [0.05, 0.1) is 22.3 Å². The molecule has 0 saturated carbocycles. The second kappa shape index (κ2) is 13.4. The van der Waals surface area contributed by atoms with Crippen LogP contribution in [-0.4, -0.2) is 47.3 Å². The molecule has 0 aliphatic carbocycles. The van der Waals surface area contributed by atoms with Crippen LogP contribution in [-0.2, 0) is 9.59 Å². The predicted molar refractivity (Wildman–Crippen MR) is 135 cm³/mol. The maximum atomic E-state index is 11.9. The van der Waals surface area contributed by atoms with Gasteiger partial charge >= 0.3 is 0 Å². The fourth-order valence-corrected chi connectivity index (χ4v) is 2.72. The highest BCUT2D eigenvalue weighted by molar-refractivity contribution is 5.84. The van der Waals surface area contributed by atoms with Crippen molar-refractivity contribution in [3.8, 4) is 11.5 Å². The number of hydrogen-bond donors (Lipinski definition) is 2. The van der Waals surface area contributed by atoms with Gasteiger partial charge in [0.15, 0.2) is 13.2 Å². The van der Waals surface area contributed by atoms with E-state index < -0.39 is 21.7 Å². The summed E-state index contributed by atoms with van der Waals surface area (Å²) in [6.07, 6.45) is 2.68. The first kappa shape index (κ1) is 26.9. The lowest BCUT2D eigenvalue weighted by Gasteiger charge is -2.07. The molecule has 0 fully saturated rings. The molecule has 0 bridgehead atoms. The van der Waals surface area contributed by atoms with Gasteiger partial charge in [-0.3, -0.25) is 29.8 Å². The number of benzene rings is 3. The van der Waals surface area contributed by atoms with Crippen LogP contribution in [0.4, 0.5) is 11.4 Å². The molecule has 0 aliphatic heterocycles. The van der Waals surface area contributed by atoms with Gasteiger partial charge < -0.3 is 9.47 Å². The molecule has 14 heteroatoms. The van der Waals surface area contributed by atoms with Crippen molar-refractivity contribution in [1.82, 2.24) is 10.9 Å². The summed E-state index contributed by atoms with van der Waals surface area (Å²) in [4.78, 5) is 44.0. The SMILES string of the molecule is O=C(COc1ccc(OCC(=O)N/N=C\c2ccc([N+](=O)[O-])cc2)cc1)N/N=C\c1ccc([N+](=O)[O-])cc1. The zero-order valence-electron chi connectivity index (χ0n) is 19.6. The van der Waals surface area contributed by atoms with Crippen LogP contribution in [0.1, 0.15) is 11.1 Å². The van der Waals surface area contributed by atoms with Gasteiger partial charge in [-0.2, -0.15) is 10.2 Å². The first-order chi connectivity index (χ1) is 18.3. The summed E-state index contributed by atoms with van der Waals surface area (Å²) in [7, 11) is 0. The van der Waals surface area contributed by atoms with Gasteiger partial charge in [-0.05, 0) is 59.7 Å². The Morgan fingerprint density at radius 3 is 1.32 bits per heavy atom. The number of hydrazone groups is 2. The predicted octanol–water partition coefficient (Wildman–Crippen LogP) is 2.56. The van der Waals surface area contributed by atoms with Crippen LogP contribution in [0, 0.1) is 20.2 Å². The standard InChI is InChI=1S/C24H20N6O8/c31-23(27-25-13-17-1-5-19(6-2-17)29(33)34)15-37-21-9-11-22(12-10-21)38-16-24(32)28-26-14-18-3-7-20(8-4-18)30(35)36/h1-14H,15-16H2,(H,27,31)(H,28,32)/b25-13-,26-14-. The van der Waals surface area contributed by atoms with E-state index in [9.17, 15) is 29.8 Å². The minimum absolute atomic E-state index is 0.0507. The minimum Gasteiger partial charge on any atom is -0.484 e.